The lowest BCUT2D eigenvalue weighted by atomic mass is 10.1. The Balaban J connectivity index is 1.50. The summed E-state index contributed by atoms with van der Waals surface area (Å²) in [4.78, 5) is 19.4. The maximum Gasteiger partial charge on any atom is 0.236 e. The largest absolute Gasteiger partial charge is 0.395 e. The number of aliphatic hydroxyl groups excluding tert-OH is 1. The molecule has 0 aromatic rings. The molecule has 0 saturated carbocycles. The summed E-state index contributed by atoms with van der Waals surface area (Å²) in [5, 5.41) is 9.48. The fraction of sp³-hybridized carbons (Fsp3) is 0.941. The summed E-state index contributed by atoms with van der Waals surface area (Å²) in [6, 6.07) is 0.848. The molecule has 0 spiro atoms. The van der Waals surface area contributed by atoms with E-state index < -0.39 is 0 Å². The van der Waals surface area contributed by atoms with E-state index in [2.05, 4.69) is 14.7 Å². The molecule has 0 bridgehead atoms. The lowest BCUT2D eigenvalue weighted by Gasteiger charge is -2.33. The average Bonchev–Trinajstić information content (AvgIpc) is 3.18. The van der Waals surface area contributed by atoms with Crippen LogP contribution in [0.3, 0.4) is 0 Å². The number of aliphatic hydroxyl groups is 1. The van der Waals surface area contributed by atoms with Crippen LogP contribution in [0.1, 0.15) is 44.9 Å². The second-order valence-electron chi connectivity index (χ2n) is 7.18. The van der Waals surface area contributed by atoms with Gasteiger partial charge in [-0.2, -0.15) is 0 Å². The summed E-state index contributed by atoms with van der Waals surface area (Å²) < 4.78 is 0. The first-order valence-electron chi connectivity index (χ1n) is 9.14. The Hall–Kier alpha value is -0.650. The normalized spacial score (nSPS) is 31.0. The average molecular weight is 309 g/mol. The van der Waals surface area contributed by atoms with Crippen molar-refractivity contribution in [2.24, 2.45) is 0 Å². The number of likely N-dealkylation sites (tertiary alicyclic amines) is 3. The topological polar surface area (TPSA) is 47.0 Å². The van der Waals surface area contributed by atoms with Gasteiger partial charge < -0.3 is 10.0 Å². The van der Waals surface area contributed by atoms with Crippen molar-refractivity contribution in [3.8, 4) is 0 Å². The lowest BCUT2D eigenvalue weighted by Crippen LogP contribution is -2.48. The molecule has 0 aromatic carbocycles. The minimum Gasteiger partial charge on any atom is -0.395 e. The van der Waals surface area contributed by atoms with Crippen LogP contribution in [0, 0.1) is 0 Å². The first-order valence-corrected chi connectivity index (χ1v) is 9.14. The number of hydrogen-bond donors (Lipinski definition) is 1. The number of amides is 1. The van der Waals surface area contributed by atoms with Crippen LogP contribution in [0.25, 0.3) is 0 Å². The van der Waals surface area contributed by atoms with Gasteiger partial charge in [-0.15, -0.1) is 0 Å². The zero-order valence-corrected chi connectivity index (χ0v) is 13.8. The summed E-state index contributed by atoms with van der Waals surface area (Å²) in [6.45, 7) is 5.98. The van der Waals surface area contributed by atoms with Crippen LogP contribution in [0.5, 0.6) is 0 Å². The first kappa shape index (κ1) is 16.2. The highest BCUT2D eigenvalue weighted by Gasteiger charge is 2.32. The fourth-order valence-electron chi connectivity index (χ4n) is 4.34. The Labute approximate surface area is 134 Å². The Morgan fingerprint density at radius 1 is 0.864 bits per heavy atom. The molecule has 3 saturated heterocycles. The van der Waals surface area contributed by atoms with Gasteiger partial charge in [0.1, 0.15) is 0 Å². The third-order valence-corrected chi connectivity index (χ3v) is 5.70. The predicted octanol–water partition coefficient (Wildman–Crippen LogP) is 0.920. The molecule has 2 unspecified atom stereocenters. The Bertz CT molecular complexity index is 371. The van der Waals surface area contributed by atoms with Crippen molar-refractivity contribution in [2.75, 3.05) is 45.9 Å². The van der Waals surface area contributed by atoms with Crippen molar-refractivity contribution < 1.29 is 9.90 Å². The van der Waals surface area contributed by atoms with E-state index in [0.717, 1.165) is 39.1 Å². The van der Waals surface area contributed by atoms with Crippen molar-refractivity contribution in [3.05, 3.63) is 0 Å². The van der Waals surface area contributed by atoms with E-state index in [-0.39, 0.29) is 6.61 Å². The Morgan fingerprint density at radius 3 is 2.27 bits per heavy atom. The smallest absolute Gasteiger partial charge is 0.236 e. The Morgan fingerprint density at radius 2 is 1.55 bits per heavy atom. The summed E-state index contributed by atoms with van der Waals surface area (Å²) in [7, 11) is 0. The van der Waals surface area contributed by atoms with Gasteiger partial charge in [-0.25, -0.2) is 0 Å². The summed E-state index contributed by atoms with van der Waals surface area (Å²) >= 11 is 0. The molecule has 3 fully saturated rings. The molecule has 5 heteroatoms. The van der Waals surface area contributed by atoms with Crippen molar-refractivity contribution >= 4 is 5.91 Å². The minimum atomic E-state index is 0.277. The maximum atomic E-state index is 12.5. The molecule has 3 rings (SSSR count). The molecule has 0 aliphatic carbocycles. The van der Waals surface area contributed by atoms with Crippen LogP contribution < -0.4 is 0 Å². The van der Waals surface area contributed by atoms with Crippen LogP contribution in [0.4, 0.5) is 0 Å². The number of carbonyl (C=O) groups excluding carboxylic acids is 1. The van der Waals surface area contributed by atoms with Gasteiger partial charge in [-0.05, 0) is 58.0 Å². The first-order chi connectivity index (χ1) is 10.8. The van der Waals surface area contributed by atoms with E-state index in [4.69, 9.17) is 0 Å². The van der Waals surface area contributed by atoms with Crippen molar-refractivity contribution in [2.45, 2.75) is 57.0 Å². The van der Waals surface area contributed by atoms with Gasteiger partial charge in [-0.3, -0.25) is 14.6 Å². The van der Waals surface area contributed by atoms with E-state index in [1.807, 2.05) is 0 Å². The highest BCUT2D eigenvalue weighted by Crippen LogP contribution is 2.23. The van der Waals surface area contributed by atoms with Gasteiger partial charge in [0.15, 0.2) is 0 Å². The minimum absolute atomic E-state index is 0.277. The summed E-state index contributed by atoms with van der Waals surface area (Å²) in [5.74, 6) is 0.326. The number of rotatable bonds is 5. The number of hydrogen-bond acceptors (Lipinski definition) is 4. The number of carbonyl (C=O) groups is 1. The molecule has 126 valence electrons. The van der Waals surface area contributed by atoms with Gasteiger partial charge in [0.25, 0.3) is 0 Å². The van der Waals surface area contributed by atoms with Crippen LogP contribution in [-0.4, -0.2) is 83.7 Å². The number of nitrogens with zero attached hydrogens (tertiary/aromatic N) is 3. The third-order valence-electron chi connectivity index (χ3n) is 5.70. The van der Waals surface area contributed by atoms with Crippen molar-refractivity contribution in [3.63, 3.8) is 0 Å². The fourth-order valence-corrected chi connectivity index (χ4v) is 4.34. The molecule has 1 N–H and O–H groups in total. The van der Waals surface area contributed by atoms with E-state index in [0.29, 0.717) is 24.5 Å². The SMILES string of the molecule is O=C(CN1CCCC1CN1CCCC1CO)N1CCCCC1. The van der Waals surface area contributed by atoms with Crippen molar-refractivity contribution in [1.82, 2.24) is 14.7 Å². The molecule has 1 amide bonds. The Kier molecular flexibility index (Phi) is 5.71. The molecule has 2 atom stereocenters. The van der Waals surface area contributed by atoms with Crippen LogP contribution >= 0.6 is 0 Å². The lowest BCUT2D eigenvalue weighted by molar-refractivity contribution is -0.133. The standard InChI is InChI=1S/C17H31N3O2/c21-14-16-7-5-10-19(16)12-15-6-4-11-20(15)13-17(22)18-8-2-1-3-9-18/h15-16,21H,1-14H2. The maximum absolute atomic E-state index is 12.5. The third kappa shape index (κ3) is 3.81. The van der Waals surface area contributed by atoms with Gasteiger partial charge in [0.2, 0.25) is 5.91 Å². The van der Waals surface area contributed by atoms with Crippen LogP contribution in [-0.2, 0) is 4.79 Å². The molecule has 22 heavy (non-hydrogen) atoms. The second kappa shape index (κ2) is 7.75. The highest BCUT2D eigenvalue weighted by atomic mass is 16.3. The molecular formula is C17H31N3O2. The summed E-state index contributed by atoms with van der Waals surface area (Å²) in [6.07, 6.45) is 8.33. The summed E-state index contributed by atoms with van der Waals surface area (Å²) in [5.41, 5.74) is 0. The quantitative estimate of drug-likeness (QED) is 0.820. The second-order valence-corrected chi connectivity index (χ2v) is 7.18. The van der Waals surface area contributed by atoms with Crippen LogP contribution in [0.15, 0.2) is 0 Å². The molecular weight excluding hydrogens is 278 g/mol. The van der Waals surface area contributed by atoms with E-state index in [1.165, 1.54) is 38.5 Å². The van der Waals surface area contributed by atoms with E-state index >= 15 is 0 Å². The van der Waals surface area contributed by atoms with Gasteiger partial charge in [0, 0.05) is 31.7 Å². The molecule has 5 nitrogen and oxygen atoms in total. The van der Waals surface area contributed by atoms with E-state index in [9.17, 15) is 9.90 Å². The van der Waals surface area contributed by atoms with Gasteiger partial charge >= 0.3 is 0 Å². The zero-order chi connectivity index (χ0) is 15.4. The zero-order valence-electron chi connectivity index (χ0n) is 13.8. The number of piperidine rings is 1. The molecule has 3 aliphatic rings. The molecule has 3 heterocycles. The monoisotopic (exact) mass is 309 g/mol. The van der Waals surface area contributed by atoms with E-state index in [1.54, 1.807) is 0 Å². The van der Waals surface area contributed by atoms with Crippen molar-refractivity contribution in [1.29, 1.82) is 0 Å². The van der Waals surface area contributed by atoms with Crippen LogP contribution in [0.2, 0.25) is 0 Å². The molecule has 0 radical (unpaired) electrons. The molecule has 0 aromatic heterocycles. The predicted molar refractivity (Wildman–Crippen MR) is 86.7 cm³/mol. The van der Waals surface area contributed by atoms with Gasteiger partial charge in [-0.1, -0.05) is 0 Å². The highest BCUT2D eigenvalue weighted by molar-refractivity contribution is 5.78. The molecule has 3 aliphatic heterocycles. The van der Waals surface area contributed by atoms with Gasteiger partial charge in [0.05, 0.1) is 13.2 Å².